The predicted molar refractivity (Wildman–Crippen MR) is 92.8 cm³/mol. The number of halogens is 1. The van der Waals surface area contributed by atoms with Crippen molar-refractivity contribution in [3.8, 4) is 11.1 Å². The lowest BCUT2D eigenvalue weighted by Crippen LogP contribution is -2.35. The van der Waals surface area contributed by atoms with Gasteiger partial charge in [0.2, 0.25) is 0 Å². The van der Waals surface area contributed by atoms with Gasteiger partial charge in [-0.1, -0.05) is 30.3 Å². The summed E-state index contributed by atoms with van der Waals surface area (Å²) in [5.41, 5.74) is 2.25. The summed E-state index contributed by atoms with van der Waals surface area (Å²) in [6, 6.07) is 13.5. The first kappa shape index (κ1) is 16.5. The van der Waals surface area contributed by atoms with Crippen LogP contribution < -0.4 is 4.90 Å². The molecule has 1 unspecified atom stereocenters. The third kappa shape index (κ3) is 3.57. The lowest BCUT2D eigenvalue weighted by molar-refractivity contribution is 0.200. The standard InChI is InChI=1S/C19H21FN2O2/c1-21-11-10-14(12-21)13-22(19(23)24)18-5-3-2-4-17(18)15-6-8-16(20)9-7-15/h2-9,14H,10-13H2,1H3,(H,23,24). The van der Waals surface area contributed by atoms with E-state index in [0.717, 1.165) is 30.6 Å². The fraction of sp³-hybridized carbons (Fsp3) is 0.316. The zero-order valence-corrected chi connectivity index (χ0v) is 13.7. The summed E-state index contributed by atoms with van der Waals surface area (Å²) in [5.74, 6) is 0.0210. The SMILES string of the molecule is CN1CCC(CN(C(=O)O)c2ccccc2-c2ccc(F)cc2)C1. The van der Waals surface area contributed by atoms with Gasteiger partial charge in [0.15, 0.2) is 0 Å². The normalized spacial score (nSPS) is 17.8. The van der Waals surface area contributed by atoms with Crippen molar-refractivity contribution in [3.05, 3.63) is 54.3 Å². The fourth-order valence-electron chi connectivity index (χ4n) is 3.30. The number of anilines is 1. The van der Waals surface area contributed by atoms with Gasteiger partial charge < -0.3 is 10.0 Å². The molecule has 3 rings (SSSR count). The summed E-state index contributed by atoms with van der Waals surface area (Å²) in [6.07, 6.45) is 0.0399. The van der Waals surface area contributed by atoms with Crippen molar-refractivity contribution in [2.24, 2.45) is 5.92 Å². The quantitative estimate of drug-likeness (QED) is 0.925. The van der Waals surface area contributed by atoms with Gasteiger partial charge in [0.05, 0.1) is 5.69 Å². The summed E-state index contributed by atoms with van der Waals surface area (Å²) in [7, 11) is 2.05. The van der Waals surface area contributed by atoms with Crippen LogP contribution in [0.25, 0.3) is 11.1 Å². The molecule has 4 nitrogen and oxygen atoms in total. The Balaban J connectivity index is 1.93. The molecule has 1 atom stereocenters. The Morgan fingerprint density at radius 1 is 1.25 bits per heavy atom. The highest BCUT2D eigenvalue weighted by atomic mass is 19.1. The Labute approximate surface area is 141 Å². The van der Waals surface area contributed by atoms with Crippen molar-refractivity contribution < 1.29 is 14.3 Å². The maximum atomic E-state index is 13.2. The molecule has 1 aliphatic heterocycles. The molecule has 2 aromatic rings. The van der Waals surface area contributed by atoms with E-state index < -0.39 is 6.09 Å². The Kier molecular flexibility index (Phi) is 4.81. The van der Waals surface area contributed by atoms with E-state index in [9.17, 15) is 14.3 Å². The lowest BCUT2D eigenvalue weighted by atomic mass is 10.0. The number of carboxylic acid groups (broad SMARTS) is 1. The molecule has 0 aromatic heterocycles. The molecule has 1 fully saturated rings. The van der Waals surface area contributed by atoms with E-state index in [1.165, 1.54) is 17.0 Å². The minimum Gasteiger partial charge on any atom is -0.465 e. The second-order valence-corrected chi connectivity index (χ2v) is 6.33. The van der Waals surface area contributed by atoms with E-state index in [1.54, 1.807) is 12.1 Å². The van der Waals surface area contributed by atoms with Gasteiger partial charge in [-0.25, -0.2) is 9.18 Å². The number of rotatable bonds is 4. The van der Waals surface area contributed by atoms with E-state index in [1.807, 2.05) is 24.3 Å². The van der Waals surface area contributed by atoms with E-state index >= 15 is 0 Å². The molecule has 0 aliphatic carbocycles. The number of nitrogens with zero attached hydrogens (tertiary/aromatic N) is 2. The fourth-order valence-corrected chi connectivity index (χ4v) is 3.30. The Hall–Kier alpha value is -2.40. The van der Waals surface area contributed by atoms with Gasteiger partial charge in [0.25, 0.3) is 0 Å². The molecular weight excluding hydrogens is 307 g/mol. The highest BCUT2D eigenvalue weighted by Gasteiger charge is 2.26. The minimum absolute atomic E-state index is 0.305. The number of para-hydroxylation sites is 1. The van der Waals surface area contributed by atoms with Gasteiger partial charge in [-0.15, -0.1) is 0 Å². The summed E-state index contributed by atoms with van der Waals surface area (Å²) in [6.45, 7) is 2.37. The third-order valence-corrected chi connectivity index (χ3v) is 4.51. The van der Waals surface area contributed by atoms with Crippen LogP contribution in [-0.2, 0) is 0 Å². The highest BCUT2D eigenvalue weighted by Crippen LogP contribution is 2.32. The number of amides is 1. The predicted octanol–water partition coefficient (Wildman–Crippen LogP) is 3.93. The van der Waals surface area contributed by atoms with Crippen LogP contribution in [0.1, 0.15) is 6.42 Å². The molecule has 1 N–H and O–H groups in total. The molecule has 0 saturated carbocycles. The number of benzene rings is 2. The van der Waals surface area contributed by atoms with Gasteiger partial charge in [0, 0.05) is 18.7 Å². The first-order valence-electron chi connectivity index (χ1n) is 8.08. The first-order chi connectivity index (χ1) is 11.5. The largest absolute Gasteiger partial charge is 0.465 e. The highest BCUT2D eigenvalue weighted by molar-refractivity contribution is 5.92. The molecule has 24 heavy (non-hydrogen) atoms. The van der Waals surface area contributed by atoms with E-state index in [0.29, 0.717) is 18.2 Å². The van der Waals surface area contributed by atoms with Crippen LogP contribution in [-0.4, -0.2) is 42.8 Å². The van der Waals surface area contributed by atoms with Gasteiger partial charge in [-0.05, 0) is 49.7 Å². The molecule has 0 bridgehead atoms. The Morgan fingerprint density at radius 3 is 2.58 bits per heavy atom. The van der Waals surface area contributed by atoms with Crippen LogP contribution in [0.5, 0.6) is 0 Å². The van der Waals surface area contributed by atoms with Crippen LogP contribution in [0.4, 0.5) is 14.9 Å². The Morgan fingerprint density at radius 2 is 1.96 bits per heavy atom. The van der Waals surface area contributed by atoms with Gasteiger partial charge in [0.1, 0.15) is 5.82 Å². The molecular formula is C19H21FN2O2. The van der Waals surface area contributed by atoms with E-state index in [2.05, 4.69) is 11.9 Å². The van der Waals surface area contributed by atoms with Crippen LogP contribution in [0, 0.1) is 11.7 Å². The molecule has 1 heterocycles. The summed E-state index contributed by atoms with van der Waals surface area (Å²) in [4.78, 5) is 15.5. The van der Waals surface area contributed by atoms with Crippen LogP contribution in [0.3, 0.4) is 0 Å². The molecule has 0 radical (unpaired) electrons. The van der Waals surface area contributed by atoms with E-state index in [-0.39, 0.29) is 5.82 Å². The lowest BCUT2D eigenvalue weighted by Gasteiger charge is -2.25. The maximum absolute atomic E-state index is 13.2. The van der Waals surface area contributed by atoms with Crippen molar-refractivity contribution in [2.75, 3.05) is 31.6 Å². The molecule has 1 aliphatic rings. The van der Waals surface area contributed by atoms with Gasteiger partial charge in [-0.2, -0.15) is 0 Å². The first-order valence-corrected chi connectivity index (χ1v) is 8.08. The van der Waals surface area contributed by atoms with Crippen molar-refractivity contribution in [3.63, 3.8) is 0 Å². The number of hydrogen-bond acceptors (Lipinski definition) is 2. The van der Waals surface area contributed by atoms with Crippen LogP contribution in [0.15, 0.2) is 48.5 Å². The van der Waals surface area contributed by atoms with Crippen molar-refractivity contribution >= 4 is 11.8 Å². The summed E-state index contributed by atoms with van der Waals surface area (Å²) < 4.78 is 13.2. The third-order valence-electron chi connectivity index (χ3n) is 4.51. The average Bonchev–Trinajstić information content (AvgIpc) is 2.98. The average molecular weight is 328 g/mol. The molecule has 1 amide bonds. The molecule has 0 spiro atoms. The second kappa shape index (κ2) is 7.01. The van der Waals surface area contributed by atoms with Crippen molar-refractivity contribution in [1.82, 2.24) is 4.90 Å². The summed E-state index contributed by atoms with van der Waals surface area (Å²) in [5, 5.41) is 9.72. The van der Waals surface area contributed by atoms with Gasteiger partial charge in [-0.3, -0.25) is 4.90 Å². The second-order valence-electron chi connectivity index (χ2n) is 6.33. The minimum atomic E-state index is -0.959. The van der Waals surface area contributed by atoms with E-state index in [4.69, 9.17) is 0 Å². The number of hydrogen-bond donors (Lipinski definition) is 1. The number of likely N-dealkylation sites (tertiary alicyclic amines) is 1. The van der Waals surface area contributed by atoms with Crippen molar-refractivity contribution in [1.29, 1.82) is 0 Å². The molecule has 126 valence electrons. The molecule has 5 heteroatoms. The molecule has 2 aromatic carbocycles. The smallest absolute Gasteiger partial charge is 0.411 e. The van der Waals surface area contributed by atoms with Crippen molar-refractivity contribution in [2.45, 2.75) is 6.42 Å². The monoisotopic (exact) mass is 328 g/mol. The zero-order valence-electron chi connectivity index (χ0n) is 13.7. The van der Waals surface area contributed by atoms with Crippen LogP contribution in [0.2, 0.25) is 0 Å². The topological polar surface area (TPSA) is 43.8 Å². The zero-order chi connectivity index (χ0) is 17.1. The maximum Gasteiger partial charge on any atom is 0.411 e. The number of carbonyl (C=O) groups is 1. The Bertz CT molecular complexity index is 718. The van der Waals surface area contributed by atoms with Gasteiger partial charge >= 0.3 is 6.09 Å². The molecule has 1 saturated heterocycles. The van der Waals surface area contributed by atoms with Crippen LogP contribution >= 0.6 is 0 Å². The summed E-state index contributed by atoms with van der Waals surface area (Å²) >= 11 is 0.